The molecule has 3 rings (SSSR count). The van der Waals surface area contributed by atoms with E-state index < -0.39 is 0 Å². The van der Waals surface area contributed by atoms with Gasteiger partial charge < -0.3 is 10.2 Å². The minimum absolute atomic E-state index is 0.216. The third kappa shape index (κ3) is 4.07. The maximum Gasteiger partial charge on any atom is 0.274 e. The van der Waals surface area contributed by atoms with Gasteiger partial charge in [0.25, 0.3) is 5.91 Å². The fourth-order valence-corrected chi connectivity index (χ4v) is 3.07. The van der Waals surface area contributed by atoms with E-state index in [9.17, 15) is 4.79 Å². The van der Waals surface area contributed by atoms with Crippen molar-refractivity contribution in [2.45, 2.75) is 26.2 Å². The number of nitrogens with one attached hydrogen (secondary N) is 1. The van der Waals surface area contributed by atoms with Gasteiger partial charge in [0.2, 0.25) is 5.95 Å². The lowest BCUT2D eigenvalue weighted by Crippen LogP contribution is -2.31. The van der Waals surface area contributed by atoms with E-state index in [1.807, 2.05) is 31.2 Å². The molecule has 120 valence electrons. The molecule has 0 spiro atoms. The van der Waals surface area contributed by atoms with Gasteiger partial charge in [-0.05, 0) is 50.5 Å². The molecular weight excluding hydrogens is 356 g/mol. The Morgan fingerprint density at radius 1 is 1.17 bits per heavy atom. The summed E-state index contributed by atoms with van der Waals surface area (Å²) in [6.07, 6.45) is 3.55. The van der Waals surface area contributed by atoms with Gasteiger partial charge in [0.05, 0.1) is 0 Å². The number of hydrogen-bond acceptors (Lipinski definition) is 4. The van der Waals surface area contributed by atoms with Gasteiger partial charge in [-0.25, -0.2) is 9.97 Å². The van der Waals surface area contributed by atoms with Gasteiger partial charge in [-0.2, -0.15) is 0 Å². The van der Waals surface area contributed by atoms with Gasteiger partial charge in [-0.1, -0.05) is 22.0 Å². The highest BCUT2D eigenvalue weighted by Gasteiger charge is 2.17. The number of benzene rings is 1. The number of rotatable bonds is 3. The number of piperidine rings is 1. The molecule has 1 aromatic carbocycles. The molecule has 1 aromatic heterocycles. The summed E-state index contributed by atoms with van der Waals surface area (Å²) in [4.78, 5) is 23.6. The van der Waals surface area contributed by atoms with Crippen molar-refractivity contribution in [3.05, 3.63) is 46.2 Å². The van der Waals surface area contributed by atoms with Crippen molar-refractivity contribution in [1.82, 2.24) is 9.97 Å². The number of anilines is 2. The van der Waals surface area contributed by atoms with Crippen molar-refractivity contribution in [2.24, 2.45) is 0 Å². The molecule has 0 aliphatic carbocycles. The van der Waals surface area contributed by atoms with Crippen LogP contribution in [0.4, 0.5) is 11.6 Å². The number of aromatic nitrogens is 2. The van der Waals surface area contributed by atoms with Gasteiger partial charge in [0.1, 0.15) is 5.69 Å². The molecule has 0 atom stereocenters. The van der Waals surface area contributed by atoms with Crippen LogP contribution in [0.25, 0.3) is 0 Å². The zero-order valence-corrected chi connectivity index (χ0v) is 14.6. The van der Waals surface area contributed by atoms with E-state index in [0.29, 0.717) is 11.6 Å². The highest BCUT2D eigenvalue weighted by atomic mass is 79.9. The van der Waals surface area contributed by atoms with E-state index in [2.05, 4.69) is 36.1 Å². The molecule has 2 aromatic rings. The summed E-state index contributed by atoms with van der Waals surface area (Å²) in [7, 11) is 0. The predicted octanol–water partition coefficient (Wildman–Crippen LogP) is 3.79. The second kappa shape index (κ2) is 7.08. The van der Waals surface area contributed by atoms with Crippen LogP contribution in [-0.4, -0.2) is 29.0 Å². The number of halogens is 1. The van der Waals surface area contributed by atoms with Gasteiger partial charge >= 0.3 is 0 Å². The Kier molecular flexibility index (Phi) is 4.91. The summed E-state index contributed by atoms with van der Waals surface area (Å²) in [6.45, 7) is 3.80. The number of carbonyl (C=O) groups is 1. The summed E-state index contributed by atoms with van der Waals surface area (Å²) in [5, 5.41) is 2.88. The monoisotopic (exact) mass is 374 g/mol. The minimum Gasteiger partial charge on any atom is -0.341 e. The van der Waals surface area contributed by atoms with Crippen LogP contribution in [0.15, 0.2) is 34.8 Å². The standard InChI is InChI=1S/C17H19BrN4O/c1-12-10-15(16(23)20-14-7-5-6-13(18)11-14)21-17(19-12)22-8-3-2-4-9-22/h5-7,10-11H,2-4,8-9H2,1H3,(H,20,23). The molecule has 0 unspecified atom stereocenters. The normalized spacial score (nSPS) is 14.6. The SMILES string of the molecule is Cc1cc(C(=O)Nc2cccc(Br)c2)nc(N2CCCCC2)n1. The molecule has 1 aliphatic heterocycles. The van der Waals surface area contributed by atoms with Crippen LogP contribution in [0.1, 0.15) is 35.4 Å². The van der Waals surface area contributed by atoms with Crippen LogP contribution in [0.5, 0.6) is 0 Å². The predicted molar refractivity (Wildman–Crippen MR) is 94.9 cm³/mol. The van der Waals surface area contributed by atoms with Crippen LogP contribution in [0.3, 0.4) is 0 Å². The summed E-state index contributed by atoms with van der Waals surface area (Å²) < 4.78 is 0.920. The van der Waals surface area contributed by atoms with E-state index in [0.717, 1.165) is 41.8 Å². The molecule has 2 heterocycles. The van der Waals surface area contributed by atoms with Crippen LogP contribution >= 0.6 is 15.9 Å². The van der Waals surface area contributed by atoms with Crippen LogP contribution in [-0.2, 0) is 0 Å². The van der Waals surface area contributed by atoms with Crippen molar-refractivity contribution in [1.29, 1.82) is 0 Å². The van der Waals surface area contributed by atoms with Gasteiger partial charge in [0, 0.05) is 28.9 Å². The second-order valence-electron chi connectivity index (χ2n) is 5.71. The molecule has 1 amide bonds. The lowest BCUT2D eigenvalue weighted by Gasteiger charge is -2.27. The maximum absolute atomic E-state index is 12.5. The first-order valence-electron chi connectivity index (χ1n) is 7.79. The Morgan fingerprint density at radius 2 is 1.96 bits per heavy atom. The van der Waals surface area contributed by atoms with Crippen LogP contribution in [0, 0.1) is 6.92 Å². The molecule has 23 heavy (non-hydrogen) atoms. The van der Waals surface area contributed by atoms with Crippen molar-refractivity contribution in [2.75, 3.05) is 23.3 Å². The topological polar surface area (TPSA) is 58.1 Å². The smallest absolute Gasteiger partial charge is 0.274 e. The molecule has 6 heteroatoms. The first-order chi connectivity index (χ1) is 11.1. The number of carbonyl (C=O) groups excluding carboxylic acids is 1. The van der Waals surface area contributed by atoms with Gasteiger partial charge in [-0.15, -0.1) is 0 Å². The van der Waals surface area contributed by atoms with E-state index in [1.165, 1.54) is 6.42 Å². The van der Waals surface area contributed by atoms with Crippen LogP contribution < -0.4 is 10.2 Å². The van der Waals surface area contributed by atoms with E-state index in [1.54, 1.807) is 6.07 Å². The average Bonchev–Trinajstić information content (AvgIpc) is 2.55. The fourth-order valence-electron chi connectivity index (χ4n) is 2.67. The highest BCUT2D eigenvalue weighted by Crippen LogP contribution is 2.19. The van der Waals surface area contributed by atoms with E-state index in [-0.39, 0.29) is 5.91 Å². The zero-order chi connectivity index (χ0) is 16.2. The van der Waals surface area contributed by atoms with Crippen molar-refractivity contribution < 1.29 is 4.79 Å². The molecule has 1 N–H and O–H groups in total. The van der Waals surface area contributed by atoms with E-state index >= 15 is 0 Å². The molecule has 0 saturated carbocycles. The Bertz CT molecular complexity index is 713. The summed E-state index contributed by atoms with van der Waals surface area (Å²) in [5.74, 6) is 0.441. The first kappa shape index (κ1) is 15.9. The van der Waals surface area contributed by atoms with Crippen LogP contribution in [0.2, 0.25) is 0 Å². The first-order valence-corrected chi connectivity index (χ1v) is 8.59. The Morgan fingerprint density at radius 3 is 2.70 bits per heavy atom. The number of aryl methyl sites for hydroxylation is 1. The Balaban J connectivity index is 1.81. The maximum atomic E-state index is 12.5. The average molecular weight is 375 g/mol. The number of amides is 1. The molecule has 0 radical (unpaired) electrons. The third-order valence-electron chi connectivity index (χ3n) is 3.80. The Hall–Kier alpha value is -1.95. The largest absolute Gasteiger partial charge is 0.341 e. The molecule has 1 aliphatic rings. The second-order valence-corrected chi connectivity index (χ2v) is 6.62. The Labute approximate surface area is 144 Å². The van der Waals surface area contributed by atoms with Gasteiger partial charge in [-0.3, -0.25) is 4.79 Å². The number of nitrogens with zero attached hydrogens (tertiary/aromatic N) is 3. The van der Waals surface area contributed by atoms with E-state index in [4.69, 9.17) is 0 Å². The highest BCUT2D eigenvalue weighted by molar-refractivity contribution is 9.10. The zero-order valence-electron chi connectivity index (χ0n) is 13.1. The third-order valence-corrected chi connectivity index (χ3v) is 4.29. The lowest BCUT2D eigenvalue weighted by molar-refractivity contribution is 0.102. The summed E-state index contributed by atoms with van der Waals surface area (Å²) in [6, 6.07) is 9.23. The molecular formula is C17H19BrN4O. The van der Waals surface area contributed by atoms with Crippen molar-refractivity contribution >= 4 is 33.5 Å². The summed E-state index contributed by atoms with van der Waals surface area (Å²) >= 11 is 3.40. The minimum atomic E-state index is -0.216. The molecule has 1 saturated heterocycles. The van der Waals surface area contributed by atoms with Crippen molar-refractivity contribution in [3.8, 4) is 0 Å². The van der Waals surface area contributed by atoms with Gasteiger partial charge in [0.15, 0.2) is 0 Å². The summed E-state index contributed by atoms with van der Waals surface area (Å²) in [5.41, 5.74) is 1.94. The lowest BCUT2D eigenvalue weighted by atomic mass is 10.1. The molecule has 5 nitrogen and oxygen atoms in total. The molecule has 1 fully saturated rings. The number of hydrogen-bond donors (Lipinski definition) is 1. The molecule has 0 bridgehead atoms. The quantitative estimate of drug-likeness (QED) is 0.887. The fraction of sp³-hybridized carbons (Fsp3) is 0.353. The van der Waals surface area contributed by atoms with Crippen molar-refractivity contribution in [3.63, 3.8) is 0 Å².